The summed E-state index contributed by atoms with van der Waals surface area (Å²) in [5.41, 5.74) is 1.19. The number of carbonyl (C=O) groups is 1. The second-order valence-electron chi connectivity index (χ2n) is 10.0. The maximum Gasteiger partial charge on any atom is 0.222 e. The maximum absolute atomic E-state index is 12.0. The molecule has 5 aliphatic rings. The van der Waals surface area contributed by atoms with Gasteiger partial charge >= 0.3 is 0 Å². The highest BCUT2D eigenvalue weighted by Gasteiger charge is 2.70. The van der Waals surface area contributed by atoms with Gasteiger partial charge in [0.05, 0.1) is 13.2 Å². The molecule has 0 aromatic heterocycles. The Labute approximate surface area is 166 Å². The number of ketones is 1. The zero-order chi connectivity index (χ0) is 19.8. The molecular weight excluding hydrogens is 356 g/mol. The Kier molecular flexibility index (Phi) is 4.07. The Hall–Kier alpha value is -1.01. The van der Waals surface area contributed by atoms with Crippen molar-refractivity contribution in [1.29, 1.82) is 0 Å². The van der Waals surface area contributed by atoms with Crippen LogP contribution >= 0.6 is 0 Å². The number of allylic oxidation sites excluding steroid dienone is 4. The van der Waals surface area contributed by atoms with Gasteiger partial charge in [0, 0.05) is 17.3 Å². The fourth-order valence-electron chi connectivity index (χ4n) is 7.41. The number of fused-ring (bicyclic) bond motifs is 5. The van der Waals surface area contributed by atoms with Crippen LogP contribution in [0.15, 0.2) is 23.3 Å². The third-order valence-corrected chi connectivity index (χ3v) is 9.08. The number of ether oxygens (including phenoxy) is 2. The summed E-state index contributed by atoms with van der Waals surface area (Å²) in [5, 5.41) is 22.1. The predicted molar refractivity (Wildman–Crippen MR) is 103 cm³/mol. The zero-order valence-corrected chi connectivity index (χ0v) is 17.0. The predicted octanol–water partition coefficient (Wildman–Crippen LogP) is 2.90. The molecule has 5 nitrogen and oxygen atoms in total. The first-order valence-corrected chi connectivity index (χ1v) is 10.9. The number of rotatable bonds is 2. The minimum atomic E-state index is -1.30. The van der Waals surface area contributed by atoms with E-state index in [1.807, 2.05) is 6.08 Å². The van der Waals surface area contributed by atoms with Crippen LogP contribution in [0.25, 0.3) is 0 Å². The number of hydrogen-bond acceptors (Lipinski definition) is 5. The molecule has 0 spiro atoms. The maximum atomic E-state index is 12.0. The minimum Gasteiger partial charge on any atom is -0.391 e. The molecule has 154 valence electrons. The van der Waals surface area contributed by atoms with Crippen molar-refractivity contribution in [3.63, 3.8) is 0 Å². The van der Waals surface area contributed by atoms with Gasteiger partial charge in [-0.1, -0.05) is 31.1 Å². The van der Waals surface area contributed by atoms with Crippen LogP contribution in [0.4, 0.5) is 0 Å². The fraction of sp³-hybridized carbons (Fsp3) is 0.783. The van der Waals surface area contributed by atoms with Gasteiger partial charge in [-0.3, -0.25) is 4.79 Å². The molecule has 0 unspecified atom stereocenters. The molecule has 2 saturated carbocycles. The molecule has 5 atom stereocenters. The first-order chi connectivity index (χ1) is 13.3. The first-order valence-electron chi connectivity index (χ1n) is 10.9. The Balaban J connectivity index is 1.55. The Morgan fingerprint density at radius 2 is 1.89 bits per heavy atom. The van der Waals surface area contributed by atoms with Crippen LogP contribution in [0.3, 0.4) is 0 Å². The standard InChI is InChI=1S/C23H32O5/c1-20-8-5-16(25)13-15(20)3-4-17-18(20)6-9-21(2)19(17)7-10-22(21,26)23(14-24)27-11-12-28-23/h6,13,17,19,24,26H,3-5,7-12,14H2,1-2H3/t17-,19+,20+,21+,22+/m1/s1. The molecule has 0 aromatic carbocycles. The summed E-state index contributed by atoms with van der Waals surface area (Å²) in [6.45, 7) is 4.98. The molecule has 5 rings (SSSR count). The van der Waals surface area contributed by atoms with Gasteiger partial charge in [0.1, 0.15) is 12.2 Å². The molecule has 1 saturated heterocycles. The summed E-state index contributed by atoms with van der Waals surface area (Å²) in [7, 11) is 0. The van der Waals surface area contributed by atoms with Crippen molar-refractivity contribution in [2.75, 3.05) is 19.8 Å². The Morgan fingerprint density at radius 3 is 2.61 bits per heavy atom. The molecule has 1 aliphatic heterocycles. The molecule has 1 heterocycles. The molecule has 2 N–H and O–H groups in total. The summed E-state index contributed by atoms with van der Waals surface area (Å²) in [6.07, 6.45) is 10.0. The first kappa shape index (κ1) is 19.0. The van der Waals surface area contributed by atoms with E-state index in [0.29, 0.717) is 37.9 Å². The van der Waals surface area contributed by atoms with Crippen molar-refractivity contribution in [2.45, 2.75) is 70.2 Å². The molecule has 0 bridgehead atoms. The average molecular weight is 389 g/mol. The molecule has 4 aliphatic carbocycles. The Bertz CT molecular complexity index is 763. The van der Waals surface area contributed by atoms with E-state index in [-0.39, 0.29) is 17.8 Å². The second-order valence-corrected chi connectivity index (χ2v) is 10.0. The van der Waals surface area contributed by atoms with Crippen molar-refractivity contribution in [1.82, 2.24) is 0 Å². The lowest BCUT2D eigenvalue weighted by Crippen LogP contribution is -2.65. The average Bonchev–Trinajstić information content (AvgIpc) is 3.27. The molecule has 0 radical (unpaired) electrons. The van der Waals surface area contributed by atoms with E-state index in [9.17, 15) is 15.0 Å². The van der Waals surface area contributed by atoms with Crippen LogP contribution in [-0.4, -0.2) is 47.2 Å². The van der Waals surface area contributed by atoms with Gasteiger partial charge in [-0.2, -0.15) is 0 Å². The van der Waals surface area contributed by atoms with Crippen LogP contribution in [0, 0.1) is 22.7 Å². The summed E-state index contributed by atoms with van der Waals surface area (Å²) in [5.74, 6) is -0.282. The lowest BCUT2D eigenvalue weighted by Gasteiger charge is -2.57. The molecule has 28 heavy (non-hydrogen) atoms. The van der Waals surface area contributed by atoms with E-state index in [1.54, 1.807) is 0 Å². The molecule has 3 fully saturated rings. The van der Waals surface area contributed by atoms with Gasteiger partial charge in [0.2, 0.25) is 5.79 Å². The monoisotopic (exact) mass is 388 g/mol. The van der Waals surface area contributed by atoms with Crippen LogP contribution in [-0.2, 0) is 14.3 Å². The summed E-state index contributed by atoms with van der Waals surface area (Å²) >= 11 is 0. The third-order valence-electron chi connectivity index (χ3n) is 9.08. The number of hydrogen-bond donors (Lipinski definition) is 2. The Morgan fingerprint density at radius 1 is 1.14 bits per heavy atom. The molecule has 0 aromatic rings. The SMILES string of the molecule is C[C@]12CCC(=O)C=C1CC[C@@H]1C2=CC[C@@]2(C)[C@H]1CC[C@@]2(O)C1(CO)OCCO1. The van der Waals surface area contributed by atoms with Gasteiger partial charge in [-0.25, -0.2) is 0 Å². The quantitative estimate of drug-likeness (QED) is 0.712. The van der Waals surface area contributed by atoms with Crippen LogP contribution < -0.4 is 0 Å². The van der Waals surface area contributed by atoms with E-state index in [1.165, 1.54) is 11.1 Å². The van der Waals surface area contributed by atoms with Crippen molar-refractivity contribution in [2.24, 2.45) is 22.7 Å². The van der Waals surface area contributed by atoms with E-state index < -0.39 is 16.8 Å². The van der Waals surface area contributed by atoms with E-state index in [0.717, 1.165) is 32.1 Å². The van der Waals surface area contributed by atoms with Crippen molar-refractivity contribution in [3.05, 3.63) is 23.3 Å². The van der Waals surface area contributed by atoms with Crippen molar-refractivity contribution in [3.8, 4) is 0 Å². The van der Waals surface area contributed by atoms with Gasteiger partial charge in [-0.05, 0) is 56.4 Å². The fourth-order valence-corrected chi connectivity index (χ4v) is 7.41. The second kappa shape index (κ2) is 6.00. The van der Waals surface area contributed by atoms with Crippen LogP contribution in [0.2, 0.25) is 0 Å². The van der Waals surface area contributed by atoms with Crippen molar-refractivity contribution >= 4 is 5.78 Å². The highest BCUT2D eigenvalue weighted by Crippen LogP contribution is 2.67. The number of carbonyl (C=O) groups excluding carboxylic acids is 1. The van der Waals surface area contributed by atoms with Gasteiger partial charge in [-0.15, -0.1) is 0 Å². The van der Waals surface area contributed by atoms with Gasteiger partial charge in [0.25, 0.3) is 0 Å². The van der Waals surface area contributed by atoms with Gasteiger partial charge in [0.15, 0.2) is 5.78 Å². The molecule has 5 heteroatoms. The lowest BCUT2D eigenvalue weighted by atomic mass is 9.50. The van der Waals surface area contributed by atoms with Crippen molar-refractivity contribution < 1.29 is 24.5 Å². The van der Waals surface area contributed by atoms with Crippen LogP contribution in [0.1, 0.15) is 58.8 Å². The largest absolute Gasteiger partial charge is 0.391 e. The van der Waals surface area contributed by atoms with E-state index in [4.69, 9.17) is 9.47 Å². The highest BCUT2D eigenvalue weighted by molar-refractivity contribution is 5.92. The summed E-state index contributed by atoms with van der Waals surface area (Å²) in [4.78, 5) is 12.0. The third kappa shape index (κ3) is 2.14. The van der Waals surface area contributed by atoms with Crippen LogP contribution in [0.5, 0.6) is 0 Å². The topological polar surface area (TPSA) is 76.0 Å². The number of aliphatic hydroxyl groups is 2. The summed E-state index contributed by atoms with van der Waals surface area (Å²) < 4.78 is 11.7. The molecule has 0 amide bonds. The van der Waals surface area contributed by atoms with E-state index in [2.05, 4.69) is 19.9 Å². The number of aliphatic hydroxyl groups excluding tert-OH is 1. The minimum absolute atomic E-state index is 0.00606. The summed E-state index contributed by atoms with van der Waals surface area (Å²) in [6, 6.07) is 0. The lowest BCUT2D eigenvalue weighted by molar-refractivity contribution is -0.314. The smallest absolute Gasteiger partial charge is 0.222 e. The molecular formula is C23H32O5. The van der Waals surface area contributed by atoms with Gasteiger partial charge < -0.3 is 19.7 Å². The normalized spacial score (nSPS) is 47.1. The highest BCUT2D eigenvalue weighted by atomic mass is 16.8. The zero-order valence-electron chi connectivity index (χ0n) is 17.0. The van der Waals surface area contributed by atoms with E-state index >= 15 is 0 Å².